The highest BCUT2D eigenvalue weighted by molar-refractivity contribution is 8.00. The monoisotopic (exact) mass is 320 g/mol. The molecule has 1 saturated heterocycles. The fraction of sp³-hybridized carbons (Fsp3) is 0.529. The van der Waals surface area contributed by atoms with Gasteiger partial charge in [0, 0.05) is 46.8 Å². The lowest BCUT2D eigenvalue weighted by Crippen LogP contribution is -2.37. The van der Waals surface area contributed by atoms with Crippen LogP contribution in [0, 0.1) is 0 Å². The molecule has 3 rings (SSSR count). The van der Waals surface area contributed by atoms with Crippen molar-refractivity contribution in [3.8, 4) is 0 Å². The van der Waals surface area contributed by atoms with E-state index in [4.69, 9.17) is 0 Å². The first-order chi connectivity index (χ1) is 10.3. The van der Waals surface area contributed by atoms with Crippen LogP contribution < -0.4 is 5.32 Å². The molecule has 1 aromatic carbocycles. The Labute approximate surface area is 135 Å². The standard InChI is InChI=1S/C17H24N2S2/c1-3-13-11-19(8-9-20-13)12-15-14-6-4-5-7-16(14)21-17(15)10-18-2/h4-7,13,18H,3,8-12H2,1-2H3. The Morgan fingerprint density at radius 2 is 2.19 bits per heavy atom. The third kappa shape index (κ3) is 3.45. The van der Waals surface area contributed by atoms with Gasteiger partial charge in [0.2, 0.25) is 0 Å². The Bertz CT molecular complexity index is 593. The molecule has 1 fully saturated rings. The molecule has 1 unspecified atom stereocenters. The van der Waals surface area contributed by atoms with Crippen molar-refractivity contribution in [2.45, 2.75) is 31.7 Å². The molecule has 0 aliphatic carbocycles. The minimum Gasteiger partial charge on any atom is -0.315 e. The molecule has 1 aromatic heterocycles. The highest BCUT2D eigenvalue weighted by Crippen LogP contribution is 2.33. The van der Waals surface area contributed by atoms with Crippen LogP contribution in [0.1, 0.15) is 23.8 Å². The first kappa shape index (κ1) is 15.3. The third-order valence-corrected chi connectivity index (χ3v) is 6.76. The summed E-state index contributed by atoms with van der Waals surface area (Å²) in [4.78, 5) is 4.16. The molecule has 0 amide bonds. The van der Waals surface area contributed by atoms with Crippen molar-refractivity contribution >= 4 is 33.2 Å². The minimum atomic E-state index is 0.816. The molecule has 0 spiro atoms. The summed E-state index contributed by atoms with van der Waals surface area (Å²) in [6, 6.07) is 8.86. The van der Waals surface area contributed by atoms with Crippen LogP contribution in [0.2, 0.25) is 0 Å². The summed E-state index contributed by atoms with van der Waals surface area (Å²) < 4.78 is 1.43. The van der Waals surface area contributed by atoms with E-state index in [0.717, 1.165) is 18.3 Å². The van der Waals surface area contributed by atoms with Gasteiger partial charge in [-0.15, -0.1) is 11.3 Å². The van der Waals surface area contributed by atoms with Gasteiger partial charge in [-0.25, -0.2) is 0 Å². The Hall–Kier alpha value is -0.550. The quantitative estimate of drug-likeness (QED) is 0.898. The number of nitrogens with one attached hydrogen (secondary N) is 1. The average Bonchev–Trinajstić information content (AvgIpc) is 2.86. The van der Waals surface area contributed by atoms with E-state index in [-0.39, 0.29) is 0 Å². The summed E-state index contributed by atoms with van der Waals surface area (Å²) in [7, 11) is 2.04. The number of nitrogens with zero attached hydrogens (tertiary/aromatic N) is 1. The Balaban J connectivity index is 1.86. The lowest BCUT2D eigenvalue weighted by atomic mass is 10.1. The van der Waals surface area contributed by atoms with Gasteiger partial charge in [0.05, 0.1) is 0 Å². The van der Waals surface area contributed by atoms with Gasteiger partial charge in [-0.3, -0.25) is 4.90 Å². The van der Waals surface area contributed by atoms with Crippen molar-refractivity contribution in [1.82, 2.24) is 10.2 Å². The molecule has 0 saturated carbocycles. The highest BCUT2D eigenvalue weighted by Gasteiger charge is 2.21. The van der Waals surface area contributed by atoms with Gasteiger partial charge in [-0.2, -0.15) is 11.8 Å². The van der Waals surface area contributed by atoms with Gasteiger partial charge in [0.1, 0.15) is 0 Å². The molecule has 1 aliphatic heterocycles. The summed E-state index contributed by atoms with van der Waals surface area (Å²) in [6.45, 7) is 6.87. The molecular weight excluding hydrogens is 296 g/mol. The second-order valence-electron chi connectivity index (χ2n) is 5.67. The number of hydrogen-bond acceptors (Lipinski definition) is 4. The van der Waals surface area contributed by atoms with E-state index in [9.17, 15) is 0 Å². The second kappa shape index (κ2) is 7.14. The molecule has 0 radical (unpaired) electrons. The molecule has 114 valence electrons. The van der Waals surface area contributed by atoms with E-state index in [2.05, 4.69) is 53.2 Å². The zero-order valence-electron chi connectivity index (χ0n) is 12.9. The van der Waals surface area contributed by atoms with Crippen LogP contribution in [-0.2, 0) is 13.1 Å². The summed E-state index contributed by atoms with van der Waals surface area (Å²) in [5, 5.41) is 5.60. The molecule has 1 atom stereocenters. The number of thiophene rings is 1. The van der Waals surface area contributed by atoms with E-state index >= 15 is 0 Å². The highest BCUT2D eigenvalue weighted by atomic mass is 32.2. The zero-order valence-corrected chi connectivity index (χ0v) is 14.5. The Morgan fingerprint density at radius 3 is 3.00 bits per heavy atom. The first-order valence-electron chi connectivity index (χ1n) is 7.79. The molecule has 1 N–H and O–H groups in total. The fourth-order valence-corrected chi connectivity index (χ4v) is 5.50. The predicted molar refractivity (Wildman–Crippen MR) is 96.4 cm³/mol. The van der Waals surface area contributed by atoms with Crippen molar-refractivity contribution in [3.63, 3.8) is 0 Å². The number of hydrogen-bond donors (Lipinski definition) is 1. The maximum absolute atomic E-state index is 3.33. The topological polar surface area (TPSA) is 15.3 Å². The van der Waals surface area contributed by atoms with Crippen molar-refractivity contribution in [3.05, 3.63) is 34.7 Å². The number of rotatable bonds is 5. The van der Waals surface area contributed by atoms with Crippen LogP contribution in [0.25, 0.3) is 10.1 Å². The van der Waals surface area contributed by atoms with Crippen LogP contribution in [0.15, 0.2) is 24.3 Å². The third-order valence-electron chi connectivity index (χ3n) is 4.18. The van der Waals surface area contributed by atoms with E-state index in [0.29, 0.717) is 0 Å². The van der Waals surface area contributed by atoms with Crippen LogP contribution in [0.5, 0.6) is 0 Å². The van der Waals surface area contributed by atoms with Gasteiger partial charge < -0.3 is 5.32 Å². The summed E-state index contributed by atoms with van der Waals surface area (Å²) in [5.74, 6) is 1.28. The molecule has 4 heteroatoms. The molecular formula is C17H24N2S2. The van der Waals surface area contributed by atoms with Crippen LogP contribution in [0.4, 0.5) is 0 Å². The molecule has 2 nitrogen and oxygen atoms in total. The molecule has 2 heterocycles. The molecule has 0 bridgehead atoms. The van der Waals surface area contributed by atoms with Gasteiger partial charge >= 0.3 is 0 Å². The van der Waals surface area contributed by atoms with E-state index in [1.165, 1.54) is 40.2 Å². The lowest BCUT2D eigenvalue weighted by Gasteiger charge is -2.32. The van der Waals surface area contributed by atoms with Gasteiger partial charge in [-0.1, -0.05) is 25.1 Å². The molecule has 21 heavy (non-hydrogen) atoms. The van der Waals surface area contributed by atoms with Gasteiger partial charge in [0.15, 0.2) is 0 Å². The molecule has 1 aliphatic rings. The van der Waals surface area contributed by atoms with Crippen molar-refractivity contribution in [2.24, 2.45) is 0 Å². The number of fused-ring (bicyclic) bond motifs is 1. The zero-order chi connectivity index (χ0) is 14.7. The van der Waals surface area contributed by atoms with Crippen LogP contribution in [0.3, 0.4) is 0 Å². The van der Waals surface area contributed by atoms with Gasteiger partial charge in [0.25, 0.3) is 0 Å². The summed E-state index contributed by atoms with van der Waals surface area (Å²) in [5.41, 5.74) is 1.55. The van der Waals surface area contributed by atoms with Crippen molar-refractivity contribution in [1.29, 1.82) is 0 Å². The second-order valence-corrected chi connectivity index (χ2v) is 8.21. The average molecular weight is 321 g/mol. The maximum Gasteiger partial charge on any atom is 0.0349 e. The fourth-order valence-electron chi connectivity index (χ4n) is 3.02. The SMILES string of the molecule is CCC1CN(Cc2c(CNC)sc3ccccc23)CCS1. The Kier molecular flexibility index (Phi) is 5.22. The first-order valence-corrected chi connectivity index (χ1v) is 9.66. The summed E-state index contributed by atoms with van der Waals surface area (Å²) >= 11 is 4.10. The van der Waals surface area contributed by atoms with Crippen molar-refractivity contribution in [2.75, 3.05) is 25.9 Å². The lowest BCUT2D eigenvalue weighted by molar-refractivity contribution is 0.273. The minimum absolute atomic E-state index is 0.816. The van der Waals surface area contributed by atoms with E-state index in [1.807, 2.05) is 18.4 Å². The van der Waals surface area contributed by atoms with Crippen LogP contribution in [-0.4, -0.2) is 36.0 Å². The van der Waals surface area contributed by atoms with Gasteiger partial charge in [-0.05, 0) is 30.5 Å². The normalized spacial score (nSPS) is 20.2. The Morgan fingerprint density at radius 1 is 1.33 bits per heavy atom. The number of thioether (sulfide) groups is 1. The summed E-state index contributed by atoms with van der Waals surface area (Å²) in [6.07, 6.45) is 1.29. The van der Waals surface area contributed by atoms with Crippen molar-refractivity contribution < 1.29 is 0 Å². The van der Waals surface area contributed by atoms with E-state index < -0.39 is 0 Å². The predicted octanol–water partition coefficient (Wildman–Crippen LogP) is 3.95. The molecule has 2 aromatic rings. The smallest absolute Gasteiger partial charge is 0.0349 e. The number of benzene rings is 1. The maximum atomic E-state index is 3.33. The van der Waals surface area contributed by atoms with E-state index in [1.54, 1.807) is 5.56 Å². The van der Waals surface area contributed by atoms with Crippen LogP contribution >= 0.6 is 23.1 Å². The largest absolute Gasteiger partial charge is 0.315 e.